The minimum absolute atomic E-state index is 0.0957. The van der Waals surface area contributed by atoms with Gasteiger partial charge in [-0.25, -0.2) is 0 Å². The van der Waals surface area contributed by atoms with Gasteiger partial charge in [0.1, 0.15) is 17.2 Å². The first-order valence-electron chi connectivity index (χ1n) is 13.6. The molecule has 4 aromatic rings. The molecule has 0 atom stereocenters. The second kappa shape index (κ2) is 9.79. The van der Waals surface area contributed by atoms with Crippen molar-refractivity contribution >= 4 is 0 Å². The van der Waals surface area contributed by atoms with Crippen molar-refractivity contribution in [1.82, 2.24) is 0 Å². The summed E-state index contributed by atoms with van der Waals surface area (Å²) in [5, 5.41) is 33.0. The van der Waals surface area contributed by atoms with Gasteiger partial charge < -0.3 is 15.3 Å². The Morgan fingerprint density at radius 1 is 0.359 bits per heavy atom. The molecular formula is C36H42O3. The predicted octanol–water partition coefficient (Wildman–Crippen LogP) is 9.70. The van der Waals surface area contributed by atoms with Crippen molar-refractivity contribution in [2.45, 2.75) is 78.6 Å². The molecule has 4 rings (SSSR count). The van der Waals surface area contributed by atoms with Gasteiger partial charge in [-0.15, -0.1) is 0 Å². The summed E-state index contributed by atoms with van der Waals surface area (Å²) in [7, 11) is 0. The van der Waals surface area contributed by atoms with Gasteiger partial charge in [0.15, 0.2) is 0 Å². The van der Waals surface area contributed by atoms with Crippen LogP contribution in [0.1, 0.15) is 79.0 Å². The van der Waals surface area contributed by atoms with Crippen LogP contribution in [0, 0.1) is 0 Å². The summed E-state index contributed by atoms with van der Waals surface area (Å²) in [6, 6.07) is 23.3. The lowest BCUT2D eigenvalue weighted by Gasteiger charge is -2.23. The van der Waals surface area contributed by atoms with Crippen molar-refractivity contribution in [2.75, 3.05) is 0 Å². The highest BCUT2D eigenvalue weighted by molar-refractivity contribution is 5.86. The third-order valence-electron chi connectivity index (χ3n) is 7.45. The van der Waals surface area contributed by atoms with Crippen LogP contribution in [0.25, 0.3) is 33.4 Å². The topological polar surface area (TPSA) is 60.7 Å². The minimum atomic E-state index is -0.0957. The van der Waals surface area contributed by atoms with E-state index in [1.165, 1.54) is 0 Å². The second-order valence-electron chi connectivity index (χ2n) is 13.7. The fourth-order valence-electron chi connectivity index (χ4n) is 4.80. The van der Waals surface area contributed by atoms with Gasteiger partial charge in [0.05, 0.1) is 0 Å². The van der Waals surface area contributed by atoms with Crippen LogP contribution in [0.3, 0.4) is 0 Å². The standard InChI is InChI=1S/C36H42O3/c1-34(2,3)25-10-13-31(37)28(19-25)22-16-23(29-20-26(35(4,5)6)11-14-32(29)38)18-24(17-22)30-21-27(36(7,8)9)12-15-33(30)39/h10-21,37-39H,1-9H3. The Morgan fingerprint density at radius 2 is 0.590 bits per heavy atom. The Morgan fingerprint density at radius 3 is 0.795 bits per heavy atom. The summed E-state index contributed by atoms with van der Waals surface area (Å²) in [5.41, 5.74) is 7.61. The molecular weight excluding hydrogens is 480 g/mol. The number of hydrogen-bond acceptors (Lipinski definition) is 3. The first-order valence-corrected chi connectivity index (χ1v) is 13.6. The number of aromatic hydroxyl groups is 3. The average Bonchev–Trinajstić information content (AvgIpc) is 2.82. The molecule has 0 radical (unpaired) electrons. The lowest BCUT2D eigenvalue weighted by molar-refractivity contribution is 0.476. The normalized spacial score (nSPS) is 12.5. The van der Waals surface area contributed by atoms with Crippen molar-refractivity contribution in [3.05, 3.63) is 89.5 Å². The van der Waals surface area contributed by atoms with Gasteiger partial charge in [-0.1, -0.05) is 80.5 Å². The minimum Gasteiger partial charge on any atom is -0.507 e. The van der Waals surface area contributed by atoms with Crippen LogP contribution in [-0.2, 0) is 16.2 Å². The molecule has 0 unspecified atom stereocenters. The van der Waals surface area contributed by atoms with E-state index < -0.39 is 0 Å². The third kappa shape index (κ3) is 5.98. The lowest BCUT2D eigenvalue weighted by Crippen LogP contribution is -2.11. The van der Waals surface area contributed by atoms with Gasteiger partial charge in [0.25, 0.3) is 0 Å². The SMILES string of the molecule is CC(C)(C)c1ccc(O)c(-c2cc(-c3cc(C(C)(C)C)ccc3O)cc(-c3cc(C(C)(C)C)ccc3O)c2)c1. The molecule has 0 amide bonds. The van der Waals surface area contributed by atoms with Crippen LogP contribution >= 0.6 is 0 Å². The number of phenols is 3. The molecule has 0 saturated carbocycles. The van der Waals surface area contributed by atoms with Crippen molar-refractivity contribution in [3.63, 3.8) is 0 Å². The van der Waals surface area contributed by atoms with E-state index >= 15 is 0 Å². The molecule has 3 N–H and O–H groups in total. The van der Waals surface area contributed by atoms with E-state index in [0.29, 0.717) is 16.7 Å². The fraction of sp³-hybridized carbons (Fsp3) is 0.333. The highest BCUT2D eigenvalue weighted by Gasteiger charge is 2.21. The predicted molar refractivity (Wildman–Crippen MR) is 164 cm³/mol. The average molecular weight is 523 g/mol. The Hall–Kier alpha value is -3.72. The van der Waals surface area contributed by atoms with E-state index in [2.05, 4.69) is 62.3 Å². The van der Waals surface area contributed by atoms with E-state index in [4.69, 9.17) is 0 Å². The Labute approximate surface area is 233 Å². The van der Waals surface area contributed by atoms with E-state index in [1.807, 2.05) is 54.6 Å². The van der Waals surface area contributed by atoms with E-state index in [1.54, 1.807) is 18.2 Å². The van der Waals surface area contributed by atoms with Gasteiger partial charge in [0.2, 0.25) is 0 Å². The maximum Gasteiger partial charge on any atom is 0.123 e. The molecule has 0 aliphatic carbocycles. The summed E-state index contributed by atoms with van der Waals surface area (Å²) >= 11 is 0. The molecule has 39 heavy (non-hydrogen) atoms. The zero-order valence-electron chi connectivity index (χ0n) is 24.8. The molecule has 204 valence electrons. The van der Waals surface area contributed by atoms with Crippen LogP contribution < -0.4 is 0 Å². The summed E-state index contributed by atoms with van der Waals surface area (Å²) in [4.78, 5) is 0. The number of benzene rings is 4. The number of hydrogen-bond donors (Lipinski definition) is 3. The van der Waals surface area contributed by atoms with Crippen LogP contribution in [0.5, 0.6) is 17.2 Å². The molecule has 0 aliphatic rings. The van der Waals surface area contributed by atoms with Crippen molar-refractivity contribution in [1.29, 1.82) is 0 Å². The van der Waals surface area contributed by atoms with Crippen LogP contribution in [0.2, 0.25) is 0 Å². The Balaban J connectivity index is 2.05. The van der Waals surface area contributed by atoms with Crippen LogP contribution in [0.15, 0.2) is 72.8 Å². The molecule has 3 nitrogen and oxygen atoms in total. The monoisotopic (exact) mass is 522 g/mol. The van der Waals surface area contributed by atoms with Gasteiger partial charge in [-0.05, 0) is 104 Å². The largest absolute Gasteiger partial charge is 0.507 e. The van der Waals surface area contributed by atoms with Gasteiger partial charge >= 0.3 is 0 Å². The molecule has 0 aromatic heterocycles. The highest BCUT2D eigenvalue weighted by atomic mass is 16.3. The van der Waals surface area contributed by atoms with E-state index in [-0.39, 0.29) is 33.5 Å². The van der Waals surface area contributed by atoms with Gasteiger partial charge in [-0.3, -0.25) is 0 Å². The number of phenolic OH excluding ortho intramolecular Hbond substituents is 3. The molecule has 3 heteroatoms. The van der Waals surface area contributed by atoms with E-state index in [0.717, 1.165) is 33.4 Å². The fourth-order valence-corrected chi connectivity index (χ4v) is 4.80. The summed E-state index contributed by atoms with van der Waals surface area (Å²) < 4.78 is 0. The molecule has 0 aliphatic heterocycles. The lowest BCUT2D eigenvalue weighted by atomic mass is 9.82. The molecule has 4 aromatic carbocycles. The van der Waals surface area contributed by atoms with Gasteiger partial charge in [0, 0.05) is 16.7 Å². The Kier molecular flexibility index (Phi) is 7.10. The highest BCUT2D eigenvalue weighted by Crippen LogP contribution is 2.43. The molecule has 0 bridgehead atoms. The Bertz CT molecular complexity index is 1330. The third-order valence-corrected chi connectivity index (χ3v) is 7.45. The molecule has 0 heterocycles. The summed E-state index contributed by atoms with van der Waals surface area (Å²) in [6.45, 7) is 19.3. The smallest absolute Gasteiger partial charge is 0.123 e. The zero-order valence-corrected chi connectivity index (χ0v) is 24.8. The van der Waals surface area contributed by atoms with Crippen LogP contribution in [-0.4, -0.2) is 15.3 Å². The van der Waals surface area contributed by atoms with Crippen LogP contribution in [0.4, 0.5) is 0 Å². The first kappa shape index (κ1) is 28.3. The maximum atomic E-state index is 11.0. The second-order valence-corrected chi connectivity index (χ2v) is 13.7. The van der Waals surface area contributed by atoms with Crippen molar-refractivity contribution in [3.8, 4) is 50.6 Å². The molecule has 0 saturated heterocycles. The van der Waals surface area contributed by atoms with E-state index in [9.17, 15) is 15.3 Å². The maximum absolute atomic E-state index is 11.0. The zero-order chi connectivity index (χ0) is 28.9. The number of rotatable bonds is 3. The summed E-state index contributed by atoms with van der Waals surface area (Å²) in [5.74, 6) is 0.560. The molecule has 0 fully saturated rings. The quantitative estimate of drug-likeness (QED) is 0.251. The van der Waals surface area contributed by atoms with Crippen molar-refractivity contribution < 1.29 is 15.3 Å². The van der Waals surface area contributed by atoms with Crippen molar-refractivity contribution in [2.24, 2.45) is 0 Å². The molecule has 0 spiro atoms. The summed E-state index contributed by atoms with van der Waals surface area (Å²) in [6.07, 6.45) is 0. The van der Waals surface area contributed by atoms with Gasteiger partial charge in [-0.2, -0.15) is 0 Å². The first-order chi connectivity index (χ1) is 17.9.